The van der Waals surface area contributed by atoms with E-state index in [-0.39, 0.29) is 12.1 Å². The molecule has 4 nitrogen and oxygen atoms in total. The third-order valence-corrected chi connectivity index (χ3v) is 2.66. The molecule has 0 aliphatic carbocycles. The van der Waals surface area contributed by atoms with Gasteiger partial charge in [-0.25, -0.2) is 4.79 Å². The highest BCUT2D eigenvalue weighted by Gasteiger charge is 2.07. The van der Waals surface area contributed by atoms with Crippen LogP contribution in [0, 0.1) is 0 Å². The van der Waals surface area contributed by atoms with Crippen molar-refractivity contribution < 1.29 is 9.53 Å². The first-order valence-corrected chi connectivity index (χ1v) is 6.74. The Bertz CT molecular complexity index is 366. The number of hydrogen-bond acceptors (Lipinski definition) is 2. The van der Waals surface area contributed by atoms with Crippen LogP contribution in [-0.4, -0.2) is 37.2 Å². The highest BCUT2D eigenvalue weighted by atomic mass is 16.5. The first-order chi connectivity index (χ1) is 9.09. The van der Waals surface area contributed by atoms with Gasteiger partial charge in [-0.2, -0.15) is 0 Å². The number of benzene rings is 1. The second-order valence-corrected chi connectivity index (χ2v) is 4.85. The molecule has 0 aliphatic rings. The Morgan fingerprint density at radius 1 is 1.32 bits per heavy atom. The number of amides is 2. The van der Waals surface area contributed by atoms with Gasteiger partial charge in [0.1, 0.15) is 0 Å². The summed E-state index contributed by atoms with van der Waals surface area (Å²) in [5.41, 5.74) is 1.13. The van der Waals surface area contributed by atoms with Crippen LogP contribution in [0.2, 0.25) is 0 Å². The van der Waals surface area contributed by atoms with Gasteiger partial charge in [-0.15, -0.1) is 0 Å². The van der Waals surface area contributed by atoms with Crippen molar-refractivity contribution in [2.45, 2.75) is 32.9 Å². The standard InChI is InChI=1S/C15H24N2O2/c1-13(2)19-11-7-10-16-15(18)17(3)12-14-8-5-4-6-9-14/h4-6,8-9,13H,7,10-12H2,1-3H3,(H,16,18). The fraction of sp³-hybridized carbons (Fsp3) is 0.533. The van der Waals surface area contributed by atoms with Crippen LogP contribution in [0.25, 0.3) is 0 Å². The Morgan fingerprint density at radius 2 is 2.00 bits per heavy atom. The number of nitrogens with zero attached hydrogens (tertiary/aromatic N) is 1. The predicted octanol–water partition coefficient (Wildman–Crippen LogP) is 2.64. The number of carbonyl (C=O) groups is 1. The summed E-state index contributed by atoms with van der Waals surface area (Å²) in [6.07, 6.45) is 1.08. The summed E-state index contributed by atoms with van der Waals surface area (Å²) in [6, 6.07) is 9.90. The first kappa shape index (κ1) is 15.5. The minimum Gasteiger partial charge on any atom is -0.379 e. The lowest BCUT2D eigenvalue weighted by molar-refractivity contribution is 0.0772. The molecule has 0 aromatic heterocycles. The van der Waals surface area contributed by atoms with Crippen LogP contribution in [0.4, 0.5) is 4.79 Å². The highest BCUT2D eigenvalue weighted by Crippen LogP contribution is 2.02. The molecule has 1 N–H and O–H groups in total. The Morgan fingerprint density at radius 3 is 2.63 bits per heavy atom. The van der Waals surface area contributed by atoms with E-state index in [2.05, 4.69) is 5.32 Å². The third kappa shape index (κ3) is 6.82. The fourth-order valence-corrected chi connectivity index (χ4v) is 1.65. The maximum atomic E-state index is 11.8. The molecule has 1 aromatic rings. The Kier molecular flexibility index (Phi) is 6.97. The molecular formula is C15H24N2O2. The van der Waals surface area contributed by atoms with Crippen molar-refractivity contribution in [2.75, 3.05) is 20.2 Å². The van der Waals surface area contributed by atoms with Gasteiger partial charge in [-0.3, -0.25) is 0 Å². The van der Waals surface area contributed by atoms with Gasteiger partial charge in [0.15, 0.2) is 0 Å². The topological polar surface area (TPSA) is 41.6 Å². The summed E-state index contributed by atoms with van der Waals surface area (Å²) in [4.78, 5) is 13.5. The quantitative estimate of drug-likeness (QED) is 0.769. The zero-order valence-corrected chi connectivity index (χ0v) is 12.1. The molecule has 0 aliphatic heterocycles. The molecule has 0 unspecified atom stereocenters. The fourth-order valence-electron chi connectivity index (χ4n) is 1.65. The molecule has 1 rings (SSSR count). The van der Waals surface area contributed by atoms with Crippen LogP contribution in [0.3, 0.4) is 0 Å². The summed E-state index contributed by atoms with van der Waals surface area (Å²) in [6.45, 7) is 5.96. The van der Waals surface area contributed by atoms with Crippen LogP contribution in [-0.2, 0) is 11.3 Å². The molecule has 0 saturated heterocycles. The highest BCUT2D eigenvalue weighted by molar-refractivity contribution is 5.73. The number of rotatable bonds is 7. The lowest BCUT2D eigenvalue weighted by Gasteiger charge is -2.18. The molecule has 2 amide bonds. The smallest absolute Gasteiger partial charge is 0.317 e. The van der Waals surface area contributed by atoms with Crippen molar-refractivity contribution in [1.29, 1.82) is 0 Å². The van der Waals surface area contributed by atoms with Crippen molar-refractivity contribution in [1.82, 2.24) is 10.2 Å². The van der Waals surface area contributed by atoms with Gasteiger partial charge in [0.25, 0.3) is 0 Å². The van der Waals surface area contributed by atoms with Crippen LogP contribution < -0.4 is 5.32 Å². The summed E-state index contributed by atoms with van der Waals surface area (Å²) in [7, 11) is 1.80. The lowest BCUT2D eigenvalue weighted by Crippen LogP contribution is -2.37. The number of urea groups is 1. The van der Waals surface area contributed by atoms with E-state index < -0.39 is 0 Å². The van der Waals surface area contributed by atoms with E-state index in [9.17, 15) is 4.79 Å². The largest absolute Gasteiger partial charge is 0.379 e. The minimum atomic E-state index is -0.0478. The number of nitrogens with one attached hydrogen (secondary N) is 1. The third-order valence-electron chi connectivity index (χ3n) is 2.66. The molecule has 0 heterocycles. The van der Waals surface area contributed by atoms with Crippen molar-refractivity contribution in [2.24, 2.45) is 0 Å². The van der Waals surface area contributed by atoms with Gasteiger partial charge in [0.05, 0.1) is 6.10 Å². The summed E-state index contributed by atoms with van der Waals surface area (Å²) in [5.74, 6) is 0. The normalized spacial score (nSPS) is 10.5. The van der Waals surface area contributed by atoms with E-state index in [1.807, 2.05) is 44.2 Å². The van der Waals surface area contributed by atoms with Gasteiger partial charge in [-0.1, -0.05) is 30.3 Å². The molecule has 0 atom stereocenters. The molecule has 0 saturated carbocycles. The number of hydrogen-bond donors (Lipinski definition) is 1. The summed E-state index contributed by atoms with van der Waals surface area (Å²) in [5, 5.41) is 2.88. The summed E-state index contributed by atoms with van der Waals surface area (Å²) < 4.78 is 5.41. The molecule has 0 bridgehead atoms. The van der Waals surface area contributed by atoms with Crippen molar-refractivity contribution in [3.63, 3.8) is 0 Å². The van der Waals surface area contributed by atoms with E-state index in [1.54, 1.807) is 11.9 Å². The van der Waals surface area contributed by atoms with Crippen molar-refractivity contribution >= 4 is 6.03 Å². The predicted molar refractivity (Wildman–Crippen MR) is 77.0 cm³/mol. The number of ether oxygens (including phenoxy) is 1. The first-order valence-electron chi connectivity index (χ1n) is 6.74. The zero-order chi connectivity index (χ0) is 14.1. The maximum absolute atomic E-state index is 11.8. The minimum absolute atomic E-state index is 0.0478. The van der Waals surface area contributed by atoms with Gasteiger partial charge in [0, 0.05) is 26.7 Å². The molecule has 0 fully saturated rings. The Hall–Kier alpha value is -1.55. The second-order valence-electron chi connectivity index (χ2n) is 4.85. The second kappa shape index (κ2) is 8.53. The summed E-state index contributed by atoms with van der Waals surface area (Å²) >= 11 is 0. The van der Waals surface area contributed by atoms with E-state index in [0.717, 1.165) is 12.0 Å². The maximum Gasteiger partial charge on any atom is 0.317 e. The van der Waals surface area contributed by atoms with Crippen LogP contribution in [0.1, 0.15) is 25.8 Å². The number of carbonyl (C=O) groups excluding carboxylic acids is 1. The van der Waals surface area contributed by atoms with Gasteiger partial charge in [0.2, 0.25) is 0 Å². The van der Waals surface area contributed by atoms with Crippen LogP contribution in [0.15, 0.2) is 30.3 Å². The molecule has 0 radical (unpaired) electrons. The molecule has 0 spiro atoms. The van der Waals surface area contributed by atoms with Gasteiger partial charge < -0.3 is 15.0 Å². The van der Waals surface area contributed by atoms with Crippen LogP contribution in [0.5, 0.6) is 0 Å². The zero-order valence-electron chi connectivity index (χ0n) is 12.1. The molecule has 19 heavy (non-hydrogen) atoms. The van der Waals surface area contributed by atoms with E-state index in [0.29, 0.717) is 19.7 Å². The lowest BCUT2D eigenvalue weighted by atomic mass is 10.2. The van der Waals surface area contributed by atoms with Gasteiger partial charge in [-0.05, 0) is 25.8 Å². The van der Waals surface area contributed by atoms with E-state index >= 15 is 0 Å². The monoisotopic (exact) mass is 264 g/mol. The van der Waals surface area contributed by atoms with E-state index in [4.69, 9.17) is 4.74 Å². The SMILES string of the molecule is CC(C)OCCCNC(=O)N(C)Cc1ccccc1. The Labute approximate surface area is 115 Å². The van der Waals surface area contributed by atoms with Crippen LogP contribution >= 0.6 is 0 Å². The average Bonchev–Trinajstić information content (AvgIpc) is 2.38. The molecular weight excluding hydrogens is 240 g/mol. The van der Waals surface area contributed by atoms with E-state index in [1.165, 1.54) is 0 Å². The molecule has 106 valence electrons. The molecule has 1 aromatic carbocycles. The van der Waals surface area contributed by atoms with Gasteiger partial charge >= 0.3 is 6.03 Å². The van der Waals surface area contributed by atoms with Crippen molar-refractivity contribution in [3.05, 3.63) is 35.9 Å². The Balaban J connectivity index is 2.18. The van der Waals surface area contributed by atoms with Crippen molar-refractivity contribution in [3.8, 4) is 0 Å². The average molecular weight is 264 g/mol. The molecule has 4 heteroatoms.